The highest BCUT2D eigenvalue weighted by Crippen LogP contribution is 2.31. The largest absolute Gasteiger partial charge is 0.481 e. The summed E-state index contributed by atoms with van der Waals surface area (Å²) < 4.78 is 0. The Kier molecular flexibility index (Phi) is 9.60. The Bertz CT molecular complexity index is 1440. The Balaban J connectivity index is 1.36. The van der Waals surface area contributed by atoms with E-state index in [-0.39, 0.29) is 24.2 Å². The van der Waals surface area contributed by atoms with Crippen molar-refractivity contribution in [3.8, 4) is 0 Å². The SMILES string of the molecule is O=C(O)CC(NC(=O)c1ccc(N2CCN(C(=O)c3cccnc3)CC2)c(NC(=O)C2CCCCC2)c1)c1cccnc1. The molecule has 1 saturated carbocycles. The smallest absolute Gasteiger partial charge is 0.305 e. The maximum Gasteiger partial charge on any atom is 0.305 e. The van der Waals surface area contributed by atoms with Crippen LogP contribution < -0.4 is 15.5 Å². The predicted molar refractivity (Wildman–Crippen MR) is 161 cm³/mol. The number of anilines is 2. The van der Waals surface area contributed by atoms with Crippen LogP contribution in [0.2, 0.25) is 0 Å². The number of rotatable bonds is 9. The van der Waals surface area contributed by atoms with Crippen molar-refractivity contribution in [1.29, 1.82) is 0 Å². The predicted octanol–water partition coefficient (Wildman–Crippen LogP) is 3.90. The molecule has 0 bridgehead atoms. The van der Waals surface area contributed by atoms with Gasteiger partial charge < -0.3 is 25.5 Å². The second kappa shape index (κ2) is 13.9. The lowest BCUT2D eigenvalue weighted by Gasteiger charge is -2.37. The summed E-state index contributed by atoms with van der Waals surface area (Å²) in [5.41, 5.74) is 2.71. The summed E-state index contributed by atoms with van der Waals surface area (Å²) in [5, 5.41) is 15.4. The first-order valence-electron chi connectivity index (χ1n) is 14.7. The van der Waals surface area contributed by atoms with E-state index in [9.17, 15) is 24.3 Å². The van der Waals surface area contributed by atoms with Gasteiger partial charge in [0.25, 0.3) is 11.8 Å². The molecule has 2 aromatic heterocycles. The number of carbonyl (C=O) groups is 4. The van der Waals surface area contributed by atoms with Gasteiger partial charge in [-0.15, -0.1) is 0 Å². The monoisotopic (exact) mass is 584 g/mol. The number of carboxylic acids is 1. The first kappa shape index (κ1) is 29.7. The lowest BCUT2D eigenvalue weighted by molar-refractivity contribution is -0.137. The summed E-state index contributed by atoms with van der Waals surface area (Å²) >= 11 is 0. The number of aromatic nitrogens is 2. The molecular formula is C32H36N6O5. The molecule has 2 aliphatic rings. The van der Waals surface area contributed by atoms with Crippen LogP contribution in [0.4, 0.5) is 11.4 Å². The van der Waals surface area contributed by atoms with Crippen LogP contribution in [0.5, 0.6) is 0 Å². The van der Waals surface area contributed by atoms with E-state index < -0.39 is 17.9 Å². The zero-order chi connectivity index (χ0) is 30.2. The molecule has 0 spiro atoms. The number of amides is 3. The minimum absolute atomic E-state index is 0.0667. The third-order valence-corrected chi connectivity index (χ3v) is 8.08. The van der Waals surface area contributed by atoms with Crippen LogP contribution in [0.3, 0.4) is 0 Å². The Morgan fingerprint density at radius 3 is 2.26 bits per heavy atom. The van der Waals surface area contributed by atoms with E-state index >= 15 is 0 Å². The van der Waals surface area contributed by atoms with Crippen molar-refractivity contribution >= 4 is 35.1 Å². The molecule has 1 aliphatic carbocycles. The number of nitrogens with zero attached hydrogens (tertiary/aromatic N) is 4. The molecular weight excluding hydrogens is 548 g/mol. The van der Waals surface area contributed by atoms with Crippen molar-refractivity contribution in [2.24, 2.45) is 5.92 Å². The van der Waals surface area contributed by atoms with Crippen molar-refractivity contribution in [2.75, 3.05) is 36.4 Å². The Hall–Kier alpha value is -4.80. The summed E-state index contributed by atoms with van der Waals surface area (Å²) in [4.78, 5) is 63.2. The van der Waals surface area contributed by atoms with Crippen LogP contribution in [0.25, 0.3) is 0 Å². The Morgan fingerprint density at radius 1 is 0.884 bits per heavy atom. The van der Waals surface area contributed by atoms with Crippen molar-refractivity contribution in [1.82, 2.24) is 20.2 Å². The van der Waals surface area contributed by atoms with E-state index in [1.165, 1.54) is 6.20 Å². The highest BCUT2D eigenvalue weighted by Gasteiger charge is 2.27. The summed E-state index contributed by atoms with van der Waals surface area (Å²) in [6, 6.07) is 11.3. The minimum atomic E-state index is -1.05. The number of hydrogen-bond acceptors (Lipinski definition) is 7. The normalized spacial score (nSPS) is 16.3. The van der Waals surface area contributed by atoms with Gasteiger partial charge in [-0.3, -0.25) is 29.1 Å². The zero-order valence-corrected chi connectivity index (χ0v) is 23.9. The second-order valence-corrected chi connectivity index (χ2v) is 11.0. The van der Waals surface area contributed by atoms with E-state index in [2.05, 4.69) is 25.5 Å². The maximum atomic E-state index is 13.4. The molecule has 3 amide bonds. The van der Waals surface area contributed by atoms with Crippen molar-refractivity contribution in [3.05, 3.63) is 83.9 Å². The highest BCUT2D eigenvalue weighted by molar-refractivity contribution is 6.01. The van der Waals surface area contributed by atoms with Crippen LogP contribution in [0.15, 0.2) is 67.3 Å². The summed E-state index contributed by atoms with van der Waals surface area (Å²) in [5.74, 6) is -1.73. The fourth-order valence-electron chi connectivity index (χ4n) is 5.73. The number of pyridine rings is 2. The lowest BCUT2D eigenvalue weighted by Crippen LogP contribution is -2.49. The number of benzene rings is 1. The van der Waals surface area contributed by atoms with Crippen LogP contribution in [0.1, 0.15) is 70.8 Å². The molecule has 1 atom stereocenters. The first-order chi connectivity index (χ1) is 20.9. The molecule has 3 heterocycles. The van der Waals surface area contributed by atoms with E-state index in [4.69, 9.17) is 0 Å². The van der Waals surface area contributed by atoms with Crippen LogP contribution in [-0.4, -0.2) is 69.8 Å². The summed E-state index contributed by atoms with van der Waals surface area (Å²) in [6.45, 7) is 2.08. The molecule has 5 rings (SSSR count). The molecule has 224 valence electrons. The van der Waals surface area contributed by atoms with Crippen molar-refractivity contribution in [3.63, 3.8) is 0 Å². The Morgan fingerprint density at radius 2 is 1.60 bits per heavy atom. The average Bonchev–Trinajstić information content (AvgIpc) is 3.05. The van der Waals surface area contributed by atoms with Gasteiger partial charge in [0.05, 0.1) is 29.4 Å². The maximum absolute atomic E-state index is 13.4. The second-order valence-electron chi connectivity index (χ2n) is 11.0. The van der Waals surface area contributed by atoms with Gasteiger partial charge in [-0.1, -0.05) is 25.3 Å². The molecule has 43 heavy (non-hydrogen) atoms. The summed E-state index contributed by atoms with van der Waals surface area (Å²) in [6.07, 6.45) is 10.8. The van der Waals surface area contributed by atoms with E-state index in [0.717, 1.165) is 37.8 Å². The van der Waals surface area contributed by atoms with Crippen molar-refractivity contribution in [2.45, 2.75) is 44.6 Å². The molecule has 11 nitrogen and oxygen atoms in total. The van der Waals surface area contributed by atoms with E-state index in [0.29, 0.717) is 48.6 Å². The quantitative estimate of drug-likeness (QED) is 0.343. The molecule has 1 unspecified atom stereocenters. The van der Waals surface area contributed by atoms with Gasteiger partial charge in [-0.2, -0.15) is 0 Å². The van der Waals surface area contributed by atoms with Gasteiger partial charge in [0, 0.05) is 62.4 Å². The van der Waals surface area contributed by atoms with E-state index in [1.54, 1.807) is 66.0 Å². The average molecular weight is 585 g/mol. The van der Waals surface area contributed by atoms with Gasteiger partial charge in [-0.25, -0.2) is 0 Å². The van der Waals surface area contributed by atoms with Gasteiger partial charge >= 0.3 is 5.97 Å². The van der Waals surface area contributed by atoms with Crippen molar-refractivity contribution < 1.29 is 24.3 Å². The molecule has 1 aliphatic heterocycles. The fourth-order valence-corrected chi connectivity index (χ4v) is 5.73. The van der Waals surface area contributed by atoms with Gasteiger partial charge in [0.15, 0.2) is 0 Å². The number of hydrogen-bond donors (Lipinski definition) is 3. The van der Waals surface area contributed by atoms with Gasteiger partial charge in [0.2, 0.25) is 5.91 Å². The van der Waals surface area contributed by atoms with Crippen LogP contribution in [-0.2, 0) is 9.59 Å². The number of piperazine rings is 1. The number of carboxylic acid groups (broad SMARTS) is 1. The number of carbonyl (C=O) groups excluding carboxylic acids is 3. The molecule has 1 aromatic carbocycles. The third kappa shape index (κ3) is 7.54. The molecule has 1 saturated heterocycles. The van der Waals surface area contributed by atoms with Crippen LogP contribution in [0, 0.1) is 5.92 Å². The van der Waals surface area contributed by atoms with Gasteiger partial charge in [0.1, 0.15) is 0 Å². The van der Waals surface area contributed by atoms with Crippen LogP contribution >= 0.6 is 0 Å². The first-order valence-corrected chi connectivity index (χ1v) is 14.7. The third-order valence-electron chi connectivity index (χ3n) is 8.08. The molecule has 0 radical (unpaired) electrons. The topological polar surface area (TPSA) is 145 Å². The molecule has 11 heteroatoms. The number of aliphatic carboxylic acids is 1. The number of nitrogens with one attached hydrogen (secondary N) is 2. The standard InChI is InChI=1S/C32H36N6O5/c39-29(40)19-26(24-8-4-12-33-20-24)35-31(42)23-10-11-28(27(18-23)36-30(41)22-6-2-1-3-7-22)37-14-16-38(17-15-37)32(43)25-9-5-13-34-21-25/h4-5,8-13,18,20-22,26H,1-3,6-7,14-17,19H2,(H,35,42)(H,36,41)(H,39,40). The zero-order valence-electron chi connectivity index (χ0n) is 23.9. The molecule has 3 N–H and O–H groups in total. The Labute approximate surface area is 250 Å². The lowest BCUT2D eigenvalue weighted by atomic mass is 9.88. The molecule has 2 fully saturated rings. The summed E-state index contributed by atoms with van der Waals surface area (Å²) in [7, 11) is 0. The highest BCUT2D eigenvalue weighted by atomic mass is 16.4. The van der Waals surface area contributed by atoms with Gasteiger partial charge in [-0.05, 0) is 54.8 Å². The minimum Gasteiger partial charge on any atom is -0.481 e. The van der Waals surface area contributed by atoms with E-state index in [1.807, 2.05) is 0 Å². The fraction of sp³-hybridized carbons (Fsp3) is 0.375. The molecule has 3 aromatic rings.